The molecule has 0 spiro atoms. The molecule has 35 heavy (non-hydrogen) atoms. The van der Waals surface area contributed by atoms with Gasteiger partial charge in [-0.1, -0.05) is 37.3 Å². The second kappa shape index (κ2) is 12.5. The lowest BCUT2D eigenvalue weighted by atomic mass is 10.1. The lowest BCUT2D eigenvalue weighted by molar-refractivity contribution is -0.134. The first kappa shape index (κ1) is 26.4. The van der Waals surface area contributed by atoms with Crippen molar-refractivity contribution >= 4 is 29.1 Å². The molecule has 1 heterocycles. The Bertz CT molecular complexity index is 1050. The van der Waals surface area contributed by atoms with Crippen molar-refractivity contribution in [1.82, 2.24) is 14.7 Å². The summed E-state index contributed by atoms with van der Waals surface area (Å²) in [7, 11) is 1.77. The van der Waals surface area contributed by atoms with Crippen LogP contribution in [0.25, 0.3) is 0 Å². The molecule has 1 saturated heterocycles. The van der Waals surface area contributed by atoms with Crippen LogP contribution in [0, 0.1) is 13.8 Å². The molecule has 0 aromatic heterocycles. The van der Waals surface area contributed by atoms with E-state index in [0.29, 0.717) is 32.7 Å². The van der Waals surface area contributed by atoms with Crippen LogP contribution in [-0.4, -0.2) is 85.3 Å². The van der Waals surface area contributed by atoms with Gasteiger partial charge in [-0.05, 0) is 56.1 Å². The van der Waals surface area contributed by atoms with E-state index in [2.05, 4.69) is 22.5 Å². The van der Waals surface area contributed by atoms with Crippen molar-refractivity contribution in [2.24, 2.45) is 0 Å². The number of nitrogens with one attached hydrogen (secondary N) is 2. The van der Waals surface area contributed by atoms with Crippen molar-refractivity contribution in [3.63, 3.8) is 0 Å². The van der Waals surface area contributed by atoms with Gasteiger partial charge >= 0.3 is 0 Å². The molecule has 0 bridgehead atoms. The lowest BCUT2D eigenvalue weighted by Gasteiger charge is -2.35. The maximum Gasteiger partial charge on any atom is 0.238 e. The number of para-hydroxylation sites is 1. The van der Waals surface area contributed by atoms with Gasteiger partial charge in [0.2, 0.25) is 17.7 Å². The molecule has 1 aliphatic heterocycles. The molecule has 0 saturated carbocycles. The summed E-state index contributed by atoms with van der Waals surface area (Å²) >= 11 is 0. The maximum atomic E-state index is 12.7. The van der Waals surface area contributed by atoms with Gasteiger partial charge in [0.1, 0.15) is 0 Å². The molecule has 0 unspecified atom stereocenters. The number of nitrogens with zero attached hydrogens (tertiary/aromatic N) is 3. The molecule has 2 aromatic rings. The van der Waals surface area contributed by atoms with Crippen LogP contribution in [0.15, 0.2) is 42.5 Å². The fourth-order valence-corrected chi connectivity index (χ4v) is 4.21. The van der Waals surface area contributed by atoms with Crippen molar-refractivity contribution in [2.45, 2.75) is 27.2 Å². The molecular weight excluding hydrogens is 442 g/mol. The Morgan fingerprint density at radius 3 is 2.23 bits per heavy atom. The number of aryl methyl sites for hydroxylation is 2. The van der Waals surface area contributed by atoms with E-state index in [1.807, 2.05) is 56.3 Å². The molecule has 0 aliphatic carbocycles. The van der Waals surface area contributed by atoms with Crippen molar-refractivity contribution in [3.05, 3.63) is 59.2 Å². The first-order valence-corrected chi connectivity index (χ1v) is 12.2. The van der Waals surface area contributed by atoms with Gasteiger partial charge in [0.05, 0.1) is 19.6 Å². The molecular formula is C27H37N5O3. The van der Waals surface area contributed by atoms with Gasteiger partial charge in [-0.15, -0.1) is 0 Å². The molecule has 188 valence electrons. The van der Waals surface area contributed by atoms with E-state index in [1.54, 1.807) is 16.8 Å². The molecule has 2 N–H and O–H groups in total. The van der Waals surface area contributed by atoms with Gasteiger partial charge in [-0.3, -0.25) is 24.2 Å². The highest BCUT2D eigenvalue weighted by atomic mass is 16.2. The van der Waals surface area contributed by atoms with Crippen LogP contribution in [-0.2, 0) is 20.8 Å². The normalized spacial score (nSPS) is 14.1. The first-order valence-electron chi connectivity index (χ1n) is 12.2. The number of anilines is 2. The monoisotopic (exact) mass is 479 g/mol. The van der Waals surface area contributed by atoms with E-state index < -0.39 is 0 Å². The fraction of sp³-hybridized carbons (Fsp3) is 0.444. The summed E-state index contributed by atoms with van der Waals surface area (Å²) in [6.45, 7) is 9.10. The quantitative estimate of drug-likeness (QED) is 0.577. The average Bonchev–Trinajstić information content (AvgIpc) is 2.82. The smallest absolute Gasteiger partial charge is 0.238 e. The number of rotatable bonds is 9. The number of carbonyl (C=O) groups is 3. The minimum Gasteiger partial charge on any atom is -0.339 e. The second-order valence-corrected chi connectivity index (χ2v) is 9.18. The summed E-state index contributed by atoms with van der Waals surface area (Å²) in [6, 6.07) is 13.6. The molecule has 1 aliphatic rings. The van der Waals surface area contributed by atoms with E-state index in [0.717, 1.165) is 34.5 Å². The largest absolute Gasteiger partial charge is 0.339 e. The number of piperazine rings is 1. The summed E-state index contributed by atoms with van der Waals surface area (Å²) in [6.07, 6.45) is 0.860. The first-order chi connectivity index (χ1) is 16.8. The van der Waals surface area contributed by atoms with E-state index in [-0.39, 0.29) is 30.8 Å². The zero-order chi connectivity index (χ0) is 25.4. The Morgan fingerprint density at radius 1 is 0.857 bits per heavy atom. The van der Waals surface area contributed by atoms with Crippen molar-refractivity contribution in [2.75, 3.05) is 63.5 Å². The highest BCUT2D eigenvalue weighted by Gasteiger charge is 2.24. The van der Waals surface area contributed by atoms with Crippen LogP contribution in [0.3, 0.4) is 0 Å². The minimum atomic E-state index is -0.144. The third kappa shape index (κ3) is 7.63. The van der Waals surface area contributed by atoms with Crippen LogP contribution >= 0.6 is 0 Å². The summed E-state index contributed by atoms with van der Waals surface area (Å²) < 4.78 is 0. The second-order valence-electron chi connectivity index (χ2n) is 9.18. The average molecular weight is 480 g/mol. The number of benzene rings is 2. The van der Waals surface area contributed by atoms with E-state index in [1.165, 1.54) is 0 Å². The van der Waals surface area contributed by atoms with Crippen LogP contribution in [0.5, 0.6) is 0 Å². The molecule has 3 rings (SSSR count). The molecule has 0 atom stereocenters. The number of carbonyl (C=O) groups excluding carboxylic acids is 3. The molecule has 8 nitrogen and oxygen atoms in total. The summed E-state index contributed by atoms with van der Waals surface area (Å²) in [5.41, 5.74) is 4.93. The van der Waals surface area contributed by atoms with Crippen molar-refractivity contribution in [3.8, 4) is 0 Å². The topological polar surface area (TPSA) is 85.0 Å². The van der Waals surface area contributed by atoms with Crippen molar-refractivity contribution < 1.29 is 14.4 Å². The molecule has 8 heteroatoms. The van der Waals surface area contributed by atoms with Crippen LogP contribution in [0.1, 0.15) is 23.6 Å². The zero-order valence-corrected chi connectivity index (χ0v) is 21.3. The molecule has 0 radical (unpaired) electrons. The molecule has 1 fully saturated rings. The number of hydrogen-bond acceptors (Lipinski definition) is 5. The third-order valence-electron chi connectivity index (χ3n) is 6.46. The lowest BCUT2D eigenvalue weighted by Crippen LogP contribution is -2.52. The van der Waals surface area contributed by atoms with E-state index in [4.69, 9.17) is 0 Å². The third-order valence-corrected chi connectivity index (χ3v) is 6.46. The number of amides is 3. The van der Waals surface area contributed by atoms with E-state index in [9.17, 15) is 14.4 Å². The van der Waals surface area contributed by atoms with Crippen LogP contribution in [0.2, 0.25) is 0 Å². The van der Waals surface area contributed by atoms with Gasteiger partial charge < -0.3 is 15.5 Å². The molecule has 3 amide bonds. The van der Waals surface area contributed by atoms with Gasteiger partial charge in [-0.25, -0.2) is 0 Å². The number of hydrogen-bond donors (Lipinski definition) is 2. The maximum absolute atomic E-state index is 12.7. The Morgan fingerprint density at radius 2 is 1.51 bits per heavy atom. The summed E-state index contributed by atoms with van der Waals surface area (Å²) in [5.74, 6) is -0.192. The minimum absolute atomic E-state index is 0.00647. The highest BCUT2D eigenvalue weighted by Crippen LogP contribution is 2.18. The van der Waals surface area contributed by atoms with Crippen LogP contribution < -0.4 is 10.6 Å². The predicted octanol–water partition coefficient (Wildman–Crippen LogP) is 2.52. The highest BCUT2D eigenvalue weighted by molar-refractivity contribution is 5.94. The van der Waals surface area contributed by atoms with Gasteiger partial charge in [0, 0.05) is 37.6 Å². The Kier molecular flexibility index (Phi) is 9.39. The predicted molar refractivity (Wildman–Crippen MR) is 140 cm³/mol. The number of likely N-dealkylation sites (N-methyl/N-ethyl adjacent to an activating group) is 1. The fourth-order valence-electron chi connectivity index (χ4n) is 4.21. The van der Waals surface area contributed by atoms with Gasteiger partial charge in [0.15, 0.2) is 0 Å². The van der Waals surface area contributed by atoms with E-state index >= 15 is 0 Å². The Balaban J connectivity index is 1.39. The van der Waals surface area contributed by atoms with Gasteiger partial charge in [0.25, 0.3) is 0 Å². The SMILES string of the molecule is CCc1ccccc1NC(=O)CN1CCN(C(=O)CN(C)CC(=O)Nc2cccc(C)c2C)CC1. The summed E-state index contributed by atoms with van der Waals surface area (Å²) in [4.78, 5) is 43.3. The molecule has 2 aromatic carbocycles. The standard InChI is InChI=1S/C27H37N5O3/c1-5-22-10-6-7-11-24(22)29-26(34)18-31-13-15-32(16-14-31)27(35)19-30(4)17-25(33)28-23-12-8-9-20(2)21(23)3/h6-12H,5,13-19H2,1-4H3,(H,28,33)(H,29,34). The Labute approximate surface area is 208 Å². The van der Waals surface area contributed by atoms with Crippen LogP contribution in [0.4, 0.5) is 11.4 Å². The Hall–Kier alpha value is -3.23. The van der Waals surface area contributed by atoms with Gasteiger partial charge in [-0.2, -0.15) is 0 Å². The van der Waals surface area contributed by atoms with Crippen molar-refractivity contribution in [1.29, 1.82) is 0 Å². The zero-order valence-electron chi connectivity index (χ0n) is 21.3. The summed E-state index contributed by atoms with van der Waals surface area (Å²) in [5, 5.41) is 5.94.